The maximum absolute atomic E-state index is 12.4. The Hall–Kier alpha value is -1.40. The maximum atomic E-state index is 12.4. The average Bonchev–Trinajstić information content (AvgIpc) is 3.00. The van der Waals surface area contributed by atoms with Crippen LogP contribution in [-0.2, 0) is 4.79 Å². The van der Waals surface area contributed by atoms with Gasteiger partial charge < -0.3 is 5.32 Å². The molecule has 1 aromatic carbocycles. The normalized spacial score (nSPS) is 13.6. The van der Waals surface area contributed by atoms with E-state index in [0.29, 0.717) is 0 Å². The van der Waals surface area contributed by atoms with Crippen molar-refractivity contribution in [1.82, 2.24) is 15.5 Å². The number of amides is 1. The molecule has 0 radical (unpaired) electrons. The summed E-state index contributed by atoms with van der Waals surface area (Å²) in [5.74, 6) is 0.0394. The predicted octanol–water partition coefficient (Wildman–Crippen LogP) is 3.68. The molecule has 1 heterocycles. The third kappa shape index (κ3) is 4.82. The highest BCUT2D eigenvalue weighted by Crippen LogP contribution is 2.25. The second-order valence-electron chi connectivity index (χ2n) is 4.73. The number of nitrogens with one attached hydrogen (secondary N) is 1. The Balaban J connectivity index is 1.97. The molecule has 0 fully saturated rings. The fourth-order valence-corrected chi connectivity index (χ4v) is 3.64. The van der Waals surface area contributed by atoms with E-state index in [2.05, 4.69) is 34.6 Å². The van der Waals surface area contributed by atoms with Gasteiger partial charge in [0, 0.05) is 0 Å². The summed E-state index contributed by atoms with van der Waals surface area (Å²) in [5, 5.41) is 10.7. The van der Waals surface area contributed by atoms with E-state index >= 15 is 0 Å². The first-order valence-corrected chi connectivity index (χ1v) is 8.74. The molecule has 6 heteroatoms. The highest BCUT2D eigenvalue weighted by atomic mass is 32.2. The molecule has 1 N–H and O–H groups in total. The van der Waals surface area contributed by atoms with E-state index in [1.807, 2.05) is 25.1 Å². The van der Waals surface area contributed by atoms with Crippen LogP contribution in [0.25, 0.3) is 0 Å². The Morgan fingerprint density at radius 2 is 2.14 bits per heavy atom. The lowest BCUT2D eigenvalue weighted by Gasteiger charge is -2.20. The zero-order valence-electron chi connectivity index (χ0n) is 12.2. The summed E-state index contributed by atoms with van der Waals surface area (Å²) >= 11 is 2.90. The van der Waals surface area contributed by atoms with Crippen molar-refractivity contribution in [2.75, 3.05) is 0 Å². The second kappa shape index (κ2) is 8.14. The average molecular weight is 321 g/mol. The van der Waals surface area contributed by atoms with Crippen molar-refractivity contribution in [3.05, 3.63) is 41.4 Å². The molecule has 2 atom stereocenters. The summed E-state index contributed by atoms with van der Waals surface area (Å²) < 4.78 is 0.824. The highest BCUT2D eigenvalue weighted by Gasteiger charge is 2.20. The van der Waals surface area contributed by atoms with Gasteiger partial charge in [0.2, 0.25) is 5.91 Å². The molecular weight excluding hydrogens is 302 g/mol. The fraction of sp³-hybridized carbons (Fsp3) is 0.400. The van der Waals surface area contributed by atoms with Crippen LogP contribution in [0.5, 0.6) is 0 Å². The molecule has 0 saturated heterocycles. The minimum absolute atomic E-state index is 0.0394. The molecule has 0 spiro atoms. The standard InChI is InChI=1S/C15H19N3OS2/c1-3-7-13(12-8-5-4-6-9-12)17-14(19)11(2)21-15-18-16-10-20-15/h4-6,8-11,13H,3,7H2,1-2H3,(H,17,19)/t11-,13-/m0/s1. The molecule has 2 rings (SSSR count). The molecule has 2 aromatic rings. The van der Waals surface area contributed by atoms with Gasteiger partial charge in [0.1, 0.15) is 5.51 Å². The smallest absolute Gasteiger partial charge is 0.233 e. The third-order valence-electron chi connectivity index (χ3n) is 3.08. The van der Waals surface area contributed by atoms with E-state index in [9.17, 15) is 4.79 Å². The maximum Gasteiger partial charge on any atom is 0.233 e. The van der Waals surface area contributed by atoms with Gasteiger partial charge in [-0.1, -0.05) is 66.8 Å². The van der Waals surface area contributed by atoms with Gasteiger partial charge in [0.05, 0.1) is 11.3 Å². The van der Waals surface area contributed by atoms with Crippen LogP contribution in [0.15, 0.2) is 40.2 Å². The minimum atomic E-state index is -0.180. The van der Waals surface area contributed by atoms with Crippen molar-refractivity contribution in [3.8, 4) is 0 Å². The van der Waals surface area contributed by atoms with Crippen LogP contribution in [0.1, 0.15) is 38.3 Å². The van der Waals surface area contributed by atoms with Crippen LogP contribution < -0.4 is 5.32 Å². The number of nitrogens with zero attached hydrogens (tertiary/aromatic N) is 2. The van der Waals surface area contributed by atoms with Gasteiger partial charge in [-0.15, -0.1) is 10.2 Å². The van der Waals surface area contributed by atoms with Crippen LogP contribution >= 0.6 is 23.1 Å². The summed E-state index contributed by atoms with van der Waals surface area (Å²) in [7, 11) is 0. The van der Waals surface area contributed by atoms with Crippen molar-refractivity contribution in [2.24, 2.45) is 0 Å². The van der Waals surface area contributed by atoms with E-state index in [-0.39, 0.29) is 17.2 Å². The first-order valence-electron chi connectivity index (χ1n) is 6.98. The van der Waals surface area contributed by atoms with Crippen LogP contribution in [0.2, 0.25) is 0 Å². The number of thioether (sulfide) groups is 1. The zero-order valence-corrected chi connectivity index (χ0v) is 13.8. The summed E-state index contributed by atoms with van der Waals surface area (Å²) in [6, 6.07) is 10.2. The van der Waals surface area contributed by atoms with Crippen LogP contribution in [0.4, 0.5) is 0 Å². The SMILES string of the molecule is CCC[C@H](NC(=O)[C@H](C)Sc1nncs1)c1ccccc1. The second-order valence-corrected chi connectivity index (χ2v) is 7.15. The molecular formula is C15H19N3OS2. The monoisotopic (exact) mass is 321 g/mol. The summed E-state index contributed by atoms with van der Waals surface area (Å²) in [6.45, 7) is 4.02. The third-order valence-corrected chi connectivity index (χ3v) is 4.99. The largest absolute Gasteiger partial charge is 0.348 e. The Morgan fingerprint density at radius 1 is 1.38 bits per heavy atom. The fourth-order valence-electron chi connectivity index (χ4n) is 2.00. The predicted molar refractivity (Wildman–Crippen MR) is 87.5 cm³/mol. The molecule has 112 valence electrons. The molecule has 4 nitrogen and oxygen atoms in total. The summed E-state index contributed by atoms with van der Waals surface area (Å²) in [6.07, 6.45) is 1.96. The van der Waals surface area contributed by atoms with Crippen molar-refractivity contribution < 1.29 is 4.79 Å². The number of carbonyl (C=O) groups is 1. The molecule has 21 heavy (non-hydrogen) atoms. The van der Waals surface area contributed by atoms with E-state index in [1.165, 1.54) is 23.1 Å². The first kappa shape index (κ1) is 16.0. The van der Waals surface area contributed by atoms with Gasteiger partial charge >= 0.3 is 0 Å². The number of carbonyl (C=O) groups excluding carboxylic acids is 1. The molecule has 1 aromatic heterocycles. The van der Waals surface area contributed by atoms with Crippen molar-refractivity contribution in [3.63, 3.8) is 0 Å². The molecule has 0 aliphatic heterocycles. The van der Waals surface area contributed by atoms with Crippen molar-refractivity contribution in [1.29, 1.82) is 0 Å². The van der Waals surface area contributed by atoms with Crippen molar-refractivity contribution in [2.45, 2.75) is 42.3 Å². The van der Waals surface area contributed by atoms with Crippen molar-refractivity contribution >= 4 is 29.0 Å². The molecule has 0 unspecified atom stereocenters. The highest BCUT2D eigenvalue weighted by molar-refractivity contribution is 8.02. The Kier molecular flexibility index (Phi) is 6.20. The molecule has 1 amide bonds. The van der Waals surface area contributed by atoms with Gasteiger partial charge in [-0.05, 0) is 18.9 Å². The van der Waals surface area contributed by atoms with Gasteiger partial charge in [-0.3, -0.25) is 4.79 Å². The molecule has 0 saturated carbocycles. The van der Waals surface area contributed by atoms with Gasteiger partial charge in [0.25, 0.3) is 0 Å². The lowest BCUT2D eigenvalue weighted by atomic mass is 10.0. The minimum Gasteiger partial charge on any atom is -0.348 e. The Morgan fingerprint density at radius 3 is 2.76 bits per heavy atom. The number of aromatic nitrogens is 2. The van der Waals surface area contributed by atoms with Gasteiger partial charge in [-0.2, -0.15) is 0 Å². The summed E-state index contributed by atoms with van der Waals surface area (Å²) in [5.41, 5.74) is 2.83. The Bertz CT molecular complexity index is 545. The van der Waals surface area contributed by atoms with E-state index < -0.39 is 0 Å². The van der Waals surface area contributed by atoms with E-state index in [0.717, 1.165) is 22.7 Å². The topological polar surface area (TPSA) is 54.9 Å². The number of benzene rings is 1. The summed E-state index contributed by atoms with van der Waals surface area (Å²) in [4.78, 5) is 12.4. The number of rotatable bonds is 7. The number of hydrogen-bond acceptors (Lipinski definition) is 5. The van der Waals surface area contributed by atoms with Gasteiger partial charge in [-0.25, -0.2) is 0 Å². The van der Waals surface area contributed by atoms with Gasteiger partial charge in [0.15, 0.2) is 4.34 Å². The first-order chi connectivity index (χ1) is 10.2. The quantitative estimate of drug-likeness (QED) is 0.791. The molecule has 0 bridgehead atoms. The Labute approximate surface area is 133 Å². The lowest BCUT2D eigenvalue weighted by Crippen LogP contribution is -2.34. The van der Waals surface area contributed by atoms with Crippen LogP contribution in [-0.4, -0.2) is 21.4 Å². The van der Waals surface area contributed by atoms with E-state index in [4.69, 9.17) is 0 Å². The van der Waals surface area contributed by atoms with E-state index in [1.54, 1.807) is 5.51 Å². The zero-order chi connectivity index (χ0) is 15.1. The molecule has 0 aliphatic carbocycles. The molecule has 0 aliphatic rings. The number of hydrogen-bond donors (Lipinski definition) is 1. The van der Waals surface area contributed by atoms with Crippen LogP contribution in [0.3, 0.4) is 0 Å². The van der Waals surface area contributed by atoms with Crippen LogP contribution in [0, 0.1) is 0 Å². The lowest BCUT2D eigenvalue weighted by molar-refractivity contribution is -0.121.